The number of aryl methyl sites for hydroxylation is 2. The summed E-state index contributed by atoms with van der Waals surface area (Å²) in [5, 5.41) is 6.40. The van der Waals surface area contributed by atoms with Gasteiger partial charge in [-0.05, 0) is 62.4 Å². The summed E-state index contributed by atoms with van der Waals surface area (Å²) < 4.78 is 29.8. The molecule has 0 N–H and O–H groups in total. The van der Waals surface area contributed by atoms with Gasteiger partial charge < -0.3 is 9.69 Å². The molecule has 4 nitrogen and oxygen atoms in total. The zero-order chi connectivity index (χ0) is 25.5. The topological polar surface area (TPSA) is 38.1 Å². The fraction of sp³-hybridized carbons (Fsp3) is 0.407. The predicted molar refractivity (Wildman–Crippen MR) is 138 cm³/mol. The molecule has 4 rings (SSSR count). The minimum atomic E-state index is -2.93. The first-order valence-electron chi connectivity index (χ1n) is 11.7. The van der Waals surface area contributed by atoms with Gasteiger partial charge >= 0.3 is 0 Å². The maximum Gasteiger partial charge on any atom is 0.270 e. The maximum absolute atomic E-state index is 14.0. The summed E-state index contributed by atoms with van der Waals surface area (Å²) in [6.07, 6.45) is 3.47. The second kappa shape index (κ2) is 9.90. The van der Waals surface area contributed by atoms with E-state index in [2.05, 4.69) is 11.5 Å². The Balaban J connectivity index is 1.65. The Bertz CT molecular complexity index is 1290. The molecule has 0 bridgehead atoms. The Kier molecular flexibility index (Phi) is 7.26. The summed E-state index contributed by atoms with van der Waals surface area (Å²) in [6.45, 7) is 10.8. The van der Waals surface area contributed by atoms with Gasteiger partial charge in [0, 0.05) is 64.9 Å². The van der Waals surface area contributed by atoms with E-state index in [1.54, 1.807) is 11.6 Å². The van der Waals surface area contributed by atoms with Crippen LogP contribution in [0.15, 0.2) is 30.8 Å². The van der Waals surface area contributed by atoms with E-state index >= 15 is 0 Å². The molecule has 3 aromatic rings. The van der Waals surface area contributed by atoms with Gasteiger partial charge in [-0.25, -0.2) is 8.78 Å². The molecule has 0 aliphatic carbocycles. The second-order valence-corrected chi connectivity index (χ2v) is 10.3. The second-order valence-electron chi connectivity index (χ2n) is 9.49. The Hall–Kier alpha value is -2.44. The number of halogens is 4. The molecule has 0 radical (unpaired) electrons. The smallest absolute Gasteiger partial charge is 0.270 e. The van der Waals surface area contributed by atoms with Gasteiger partial charge in [-0.15, -0.1) is 0 Å². The lowest BCUT2D eigenvalue weighted by Crippen LogP contribution is -2.32. The molecule has 0 unspecified atom stereocenters. The summed E-state index contributed by atoms with van der Waals surface area (Å²) in [4.78, 5) is 13.0. The van der Waals surface area contributed by atoms with Crippen molar-refractivity contribution in [2.24, 2.45) is 5.92 Å². The van der Waals surface area contributed by atoms with Gasteiger partial charge in [-0.2, -0.15) is 5.10 Å². The van der Waals surface area contributed by atoms with Crippen molar-refractivity contribution in [2.45, 2.75) is 52.5 Å². The maximum atomic E-state index is 14.0. The average Bonchev–Trinajstić information content (AvgIpc) is 3.12. The lowest BCUT2D eigenvalue weighted by molar-refractivity contribution is -0.108. The highest BCUT2D eigenvalue weighted by molar-refractivity contribution is 6.37. The van der Waals surface area contributed by atoms with Crippen LogP contribution in [0, 0.1) is 19.8 Å². The number of likely N-dealkylation sites (tertiary alicyclic amines) is 1. The molecule has 1 aromatic heterocycles. The van der Waals surface area contributed by atoms with Crippen molar-refractivity contribution in [1.82, 2.24) is 14.7 Å². The quantitative estimate of drug-likeness (QED) is 0.305. The van der Waals surface area contributed by atoms with E-state index in [1.165, 1.54) is 12.1 Å². The third-order valence-electron chi connectivity index (χ3n) is 7.04. The summed E-state index contributed by atoms with van der Waals surface area (Å²) in [6, 6.07) is 6.68. The van der Waals surface area contributed by atoms with Gasteiger partial charge in [0.15, 0.2) is 0 Å². The standard InChI is InChI=1S/C27H29Cl2F2N3O/c1-16-13-20(27(4,30)31)14-22-18(3)34(32-26(16)22)15-23-24(28)6-5-21(25(23)29)17(2)33-10-7-19(8-11-33)9-12-35/h5-6,12-14,19H,2,7-11,15H2,1,3-4H3. The van der Waals surface area contributed by atoms with Gasteiger partial charge in [0.25, 0.3) is 5.92 Å². The molecule has 1 saturated heterocycles. The predicted octanol–water partition coefficient (Wildman–Crippen LogP) is 7.39. The highest BCUT2D eigenvalue weighted by atomic mass is 35.5. The SMILES string of the molecule is C=C(c1ccc(Cl)c(Cn2nc3c(C)cc(C(C)(F)F)cc3c2C)c1Cl)N1CCC(CC=O)CC1. The number of hydrogen-bond acceptors (Lipinski definition) is 3. The van der Waals surface area contributed by atoms with Crippen molar-refractivity contribution >= 4 is 46.1 Å². The van der Waals surface area contributed by atoms with E-state index < -0.39 is 5.92 Å². The normalized spacial score (nSPS) is 15.1. The van der Waals surface area contributed by atoms with Crippen molar-refractivity contribution in [3.8, 4) is 0 Å². The van der Waals surface area contributed by atoms with Crippen LogP contribution in [-0.4, -0.2) is 34.1 Å². The summed E-state index contributed by atoms with van der Waals surface area (Å²) >= 11 is 13.4. The first-order chi connectivity index (χ1) is 16.5. The lowest BCUT2D eigenvalue weighted by atomic mass is 9.93. The fourth-order valence-corrected chi connectivity index (χ4v) is 5.39. The number of rotatable bonds is 7. The van der Waals surface area contributed by atoms with Crippen LogP contribution >= 0.6 is 23.2 Å². The van der Waals surface area contributed by atoms with Crippen LogP contribution in [-0.2, 0) is 17.3 Å². The third kappa shape index (κ3) is 5.10. The highest BCUT2D eigenvalue weighted by Gasteiger charge is 2.27. The van der Waals surface area contributed by atoms with E-state index in [0.717, 1.165) is 56.1 Å². The Morgan fingerprint density at radius 3 is 2.54 bits per heavy atom. The molecule has 186 valence electrons. The number of alkyl halides is 2. The molecular formula is C27H29Cl2F2N3O. The number of benzene rings is 2. The Morgan fingerprint density at radius 2 is 1.91 bits per heavy atom. The van der Waals surface area contributed by atoms with Crippen molar-refractivity contribution < 1.29 is 13.6 Å². The van der Waals surface area contributed by atoms with Crippen LogP contribution in [0.4, 0.5) is 8.78 Å². The minimum Gasteiger partial charge on any atom is -0.371 e. The van der Waals surface area contributed by atoms with Gasteiger partial charge in [0.2, 0.25) is 0 Å². The van der Waals surface area contributed by atoms with Gasteiger partial charge in [-0.1, -0.05) is 29.8 Å². The van der Waals surface area contributed by atoms with Crippen LogP contribution < -0.4 is 0 Å². The first-order valence-corrected chi connectivity index (χ1v) is 12.5. The molecule has 0 spiro atoms. The van der Waals surface area contributed by atoms with Crippen molar-refractivity contribution in [3.05, 3.63) is 68.8 Å². The number of fused-ring (bicyclic) bond motifs is 1. The molecule has 1 aliphatic heterocycles. The monoisotopic (exact) mass is 519 g/mol. The third-order valence-corrected chi connectivity index (χ3v) is 7.82. The number of aldehydes is 1. The van der Waals surface area contributed by atoms with E-state index in [1.807, 2.05) is 19.1 Å². The average molecular weight is 520 g/mol. The molecular weight excluding hydrogens is 491 g/mol. The van der Waals surface area contributed by atoms with E-state index in [4.69, 9.17) is 28.3 Å². The minimum absolute atomic E-state index is 0.0311. The molecule has 1 fully saturated rings. The van der Waals surface area contributed by atoms with Crippen LogP contribution in [0.1, 0.15) is 54.1 Å². The molecule has 0 saturated carbocycles. The first kappa shape index (κ1) is 25.6. The molecule has 1 aliphatic rings. The van der Waals surface area contributed by atoms with E-state index in [-0.39, 0.29) is 5.56 Å². The number of aromatic nitrogens is 2. The summed E-state index contributed by atoms with van der Waals surface area (Å²) in [7, 11) is 0. The summed E-state index contributed by atoms with van der Waals surface area (Å²) in [5.41, 5.74) is 4.44. The van der Waals surface area contributed by atoms with Crippen molar-refractivity contribution in [1.29, 1.82) is 0 Å². The van der Waals surface area contributed by atoms with Gasteiger partial charge in [-0.3, -0.25) is 4.68 Å². The van der Waals surface area contributed by atoms with Crippen molar-refractivity contribution in [3.63, 3.8) is 0 Å². The van der Waals surface area contributed by atoms with E-state index in [9.17, 15) is 13.6 Å². The van der Waals surface area contributed by atoms with Crippen molar-refractivity contribution in [2.75, 3.05) is 13.1 Å². The number of carbonyl (C=O) groups is 1. The van der Waals surface area contributed by atoms with Crippen LogP contribution in [0.2, 0.25) is 10.0 Å². The van der Waals surface area contributed by atoms with E-state index in [0.29, 0.717) is 51.0 Å². The van der Waals surface area contributed by atoms with Crippen LogP contribution in [0.5, 0.6) is 0 Å². The van der Waals surface area contributed by atoms with Gasteiger partial charge in [0.1, 0.15) is 6.29 Å². The zero-order valence-corrected chi connectivity index (χ0v) is 21.7. The molecule has 0 atom stereocenters. The Morgan fingerprint density at radius 1 is 1.23 bits per heavy atom. The largest absolute Gasteiger partial charge is 0.371 e. The fourth-order valence-electron chi connectivity index (χ4n) is 4.79. The zero-order valence-electron chi connectivity index (χ0n) is 20.2. The molecule has 35 heavy (non-hydrogen) atoms. The highest BCUT2D eigenvalue weighted by Crippen LogP contribution is 2.37. The lowest BCUT2D eigenvalue weighted by Gasteiger charge is -2.34. The molecule has 8 heteroatoms. The molecule has 0 amide bonds. The molecule has 2 aromatic carbocycles. The van der Waals surface area contributed by atoms with Gasteiger partial charge in [0.05, 0.1) is 17.1 Å². The number of nitrogens with zero attached hydrogens (tertiary/aromatic N) is 3. The molecule has 2 heterocycles. The number of hydrogen-bond donors (Lipinski definition) is 0. The van der Waals surface area contributed by atoms with Crippen LogP contribution in [0.3, 0.4) is 0 Å². The number of carbonyl (C=O) groups excluding carboxylic acids is 1. The number of piperidine rings is 1. The Labute approximate surface area is 214 Å². The van der Waals surface area contributed by atoms with Crippen LogP contribution in [0.25, 0.3) is 16.6 Å². The summed E-state index contributed by atoms with van der Waals surface area (Å²) in [5.74, 6) is -2.52.